The van der Waals surface area contributed by atoms with Gasteiger partial charge in [-0.15, -0.1) is 0 Å². The van der Waals surface area contributed by atoms with Crippen molar-refractivity contribution in [1.82, 2.24) is 15.5 Å². The van der Waals surface area contributed by atoms with E-state index in [4.69, 9.17) is 9.26 Å². The lowest BCUT2D eigenvalue weighted by Gasteiger charge is -2.31. The summed E-state index contributed by atoms with van der Waals surface area (Å²) in [6.45, 7) is 3.97. The second kappa shape index (κ2) is 4.38. The summed E-state index contributed by atoms with van der Waals surface area (Å²) in [7, 11) is 0. The van der Waals surface area contributed by atoms with Crippen LogP contribution in [0.5, 0.6) is 0 Å². The molecule has 2 aliphatic rings. The monoisotopic (exact) mass is 237 g/mol. The fraction of sp³-hybridized carbons (Fsp3) is 0.833. The van der Waals surface area contributed by atoms with Gasteiger partial charge < -0.3 is 14.6 Å². The van der Waals surface area contributed by atoms with Gasteiger partial charge in [-0.25, -0.2) is 0 Å². The van der Waals surface area contributed by atoms with E-state index in [1.807, 2.05) is 0 Å². The van der Waals surface area contributed by atoms with Crippen molar-refractivity contribution in [1.29, 1.82) is 0 Å². The van der Waals surface area contributed by atoms with Crippen LogP contribution < -0.4 is 5.32 Å². The second-order valence-electron chi connectivity index (χ2n) is 5.18. The Kier molecular flexibility index (Phi) is 2.88. The zero-order valence-corrected chi connectivity index (χ0v) is 10.2. The van der Waals surface area contributed by atoms with Crippen molar-refractivity contribution >= 4 is 0 Å². The SMILES string of the molecule is CC1(c2nc(C3CCCO3)no2)CCCCN1. The molecule has 3 rings (SSSR count). The summed E-state index contributed by atoms with van der Waals surface area (Å²) in [6.07, 6.45) is 5.62. The molecule has 2 atom stereocenters. The molecule has 1 aromatic rings. The summed E-state index contributed by atoms with van der Waals surface area (Å²) in [6, 6.07) is 0. The summed E-state index contributed by atoms with van der Waals surface area (Å²) in [5, 5.41) is 7.55. The number of aromatic nitrogens is 2. The van der Waals surface area contributed by atoms with Crippen molar-refractivity contribution in [2.75, 3.05) is 13.2 Å². The summed E-state index contributed by atoms with van der Waals surface area (Å²) >= 11 is 0. The Labute approximate surface area is 101 Å². The van der Waals surface area contributed by atoms with E-state index in [9.17, 15) is 0 Å². The minimum atomic E-state index is -0.151. The van der Waals surface area contributed by atoms with Crippen LogP contribution in [0.2, 0.25) is 0 Å². The molecule has 0 bridgehead atoms. The minimum Gasteiger partial charge on any atom is -0.370 e. The fourth-order valence-corrected chi connectivity index (χ4v) is 2.61. The van der Waals surface area contributed by atoms with Gasteiger partial charge in [-0.1, -0.05) is 5.16 Å². The molecule has 1 aromatic heterocycles. The smallest absolute Gasteiger partial charge is 0.246 e. The van der Waals surface area contributed by atoms with Crippen molar-refractivity contribution in [2.45, 2.75) is 50.7 Å². The van der Waals surface area contributed by atoms with Crippen molar-refractivity contribution in [2.24, 2.45) is 0 Å². The highest BCUT2D eigenvalue weighted by Gasteiger charge is 2.35. The third-order valence-corrected chi connectivity index (χ3v) is 3.75. The Balaban J connectivity index is 1.78. The van der Waals surface area contributed by atoms with Gasteiger partial charge in [-0.3, -0.25) is 0 Å². The normalized spacial score (nSPS) is 34.1. The number of rotatable bonds is 2. The van der Waals surface area contributed by atoms with E-state index >= 15 is 0 Å². The van der Waals surface area contributed by atoms with E-state index in [-0.39, 0.29) is 11.6 Å². The van der Waals surface area contributed by atoms with Crippen molar-refractivity contribution < 1.29 is 9.26 Å². The highest BCUT2D eigenvalue weighted by atomic mass is 16.5. The summed E-state index contributed by atoms with van der Waals surface area (Å²) in [5.74, 6) is 1.42. The van der Waals surface area contributed by atoms with E-state index < -0.39 is 0 Å². The Morgan fingerprint density at radius 1 is 1.35 bits per heavy atom. The van der Waals surface area contributed by atoms with Gasteiger partial charge in [-0.2, -0.15) is 4.98 Å². The van der Waals surface area contributed by atoms with E-state index in [1.165, 1.54) is 12.8 Å². The van der Waals surface area contributed by atoms with Crippen LogP contribution in [0.1, 0.15) is 56.8 Å². The predicted octanol–water partition coefficient (Wildman–Crippen LogP) is 1.91. The average Bonchev–Trinajstić information content (AvgIpc) is 3.01. The first-order valence-electron chi connectivity index (χ1n) is 6.49. The zero-order valence-electron chi connectivity index (χ0n) is 10.2. The average molecular weight is 237 g/mol. The highest BCUT2D eigenvalue weighted by molar-refractivity contribution is 5.04. The van der Waals surface area contributed by atoms with E-state index in [1.54, 1.807) is 0 Å². The molecule has 0 aromatic carbocycles. The van der Waals surface area contributed by atoms with Gasteiger partial charge in [0, 0.05) is 6.61 Å². The Morgan fingerprint density at radius 3 is 3.00 bits per heavy atom. The highest BCUT2D eigenvalue weighted by Crippen LogP contribution is 2.31. The van der Waals surface area contributed by atoms with Crippen molar-refractivity contribution in [3.8, 4) is 0 Å². The molecule has 2 aliphatic heterocycles. The maximum absolute atomic E-state index is 5.57. The summed E-state index contributed by atoms with van der Waals surface area (Å²) < 4.78 is 11.0. The molecule has 17 heavy (non-hydrogen) atoms. The topological polar surface area (TPSA) is 60.2 Å². The second-order valence-corrected chi connectivity index (χ2v) is 5.18. The van der Waals surface area contributed by atoms with Gasteiger partial charge in [-0.05, 0) is 45.6 Å². The Bertz CT molecular complexity index is 379. The van der Waals surface area contributed by atoms with Crippen molar-refractivity contribution in [3.63, 3.8) is 0 Å². The first kappa shape index (κ1) is 11.2. The molecule has 5 heteroatoms. The number of nitrogens with zero attached hydrogens (tertiary/aromatic N) is 2. The van der Waals surface area contributed by atoms with Gasteiger partial charge in [0.25, 0.3) is 0 Å². The van der Waals surface area contributed by atoms with Crippen LogP contribution in [-0.2, 0) is 10.3 Å². The molecule has 2 fully saturated rings. The molecule has 1 N–H and O–H groups in total. The van der Waals surface area contributed by atoms with Crippen LogP contribution in [0, 0.1) is 0 Å². The molecular weight excluding hydrogens is 218 g/mol. The molecule has 0 saturated carbocycles. The first-order chi connectivity index (χ1) is 8.28. The Morgan fingerprint density at radius 2 is 2.29 bits per heavy atom. The molecule has 0 radical (unpaired) electrons. The maximum atomic E-state index is 5.57. The van der Waals surface area contributed by atoms with Gasteiger partial charge >= 0.3 is 0 Å². The van der Waals surface area contributed by atoms with Crippen LogP contribution in [-0.4, -0.2) is 23.3 Å². The van der Waals surface area contributed by atoms with Crippen molar-refractivity contribution in [3.05, 3.63) is 11.7 Å². The van der Waals surface area contributed by atoms with Crippen LogP contribution >= 0.6 is 0 Å². The van der Waals surface area contributed by atoms with E-state index in [0.29, 0.717) is 11.7 Å². The number of ether oxygens (including phenoxy) is 1. The lowest BCUT2D eigenvalue weighted by atomic mass is 9.91. The van der Waals surface area contributed by atoms with E-state index in [2.05, 4.69) is 22.4 Å². The number of hydrogen-bond donors (Lipinski definition) is 1. The van der Waals surface area contributed by atoms with E-state index in [0.717, 1.165) is 32.4 Å². The van der Waals surface area contributed by atoms with Crippen LogP contribution in [0.25, 0.3) is 0 Å². The predicted molar refractivity (Wildman–Crippen MR) is 61.4 cm³/mol. The molecule has 5 nitrogen and oxygen atoms in total. The van der Waals surface area contributed by atoms with Gasteiger partial charge in [0.05, 0.1) is 5.54 Å². The van der Waals surface area contributed by atoms with Crippen LogP contribution in [0.3, 0.4) is 0 Å². The summed E-state index contributed by atoms with van der Waals surface area (Å²) in [5.41, 5.74) is -0.151. The van der Waals surface area contributed by atoms with Gasteiger partial charge in [0.1, 0.15) is 6.10 Å². The molecule has 0 aliphatic carbocycles. The summed E-state index contributed by atoms with van der Waals surface area (Å²) in [4.78, 5) is 4.52. The zero-order chi connectivity index (χ0) is 11.7. The Hall–Kier alpha value is -0.940. The third-order valence-electron chi connectivity index (χ3n) is 3.75. The van der Waals surface area contributed by atoms with Gasteiger partial charge in [0.15, 0.2) is 0 Å². The molecule has 0 spiro atoms. The molecule has 3 heterocycles. The largest absolute Gasteiger partial charge is 0.370 e. The van der Waals surface area contributed by atoms with Crippen LogP contribution in [0.4, 0.5) is 0 Å². The first-order valence-corrected chi connectivity index (χ1v) is 6.49. The molecular formula is C12H19N3O2. The quantitative estimate of drug-likeness (QED) is 0.851. The molecule has 2 unspecified atom stereocenters. The lowest BCUT2D eigenvalue weighted by Crippen LogP contribution is -2.43. The minimum absolute atomic E-state index is 0.0414. The number of nitrogens with one attached hydrogen (secondary N) is 1. The van der Waals surface area contributed by atoms with Gasteiger partial charge in [0.2, 0.25) is 11.7 Å². The fourth-order valence-electron chi connectivity index (χ4n) is 2.61. The number of hydrogen-bond acceptors (Lipinski definition) is 5. The lowest BCUT2D eigenvalue weighted by molar-refractivity contribution is 0.103. The molecule has 0 amide bonds. The standard InChI is InChI=1S/C12H19N3O2/c1-12(6-2-3-7-13-12)11-14-10(15-17-11)9-5-4-8-16-9/h9,13H,2-8H2,1H3. The third kappa shape index (κ3) is 2.09. The van der Waals surface area contributed by atoms with Crippen LogP contribution in [0.15, 0.2) is 4.52 Å². The number of piperidine rings is 1. The maximum Gasteiger partial charge on any atom is 0.246 e. The molecule has 94 valence electrons. The molecule has 2 saturated heterocycles.